The molecule has 2 heterocycles. The average Bonchev–Trinajstić information content (AvgIpc) is 2.93. The van der Waals surface area contributed by atoms with E-state index < -0.39 is 21.5 Å². The molecule has 0 spiro atoms. The number of benzene rings is 2. The monoisotopic (exact) mass is 394 g/mol. The Bertz CT molecular complexity index is 1150. The van der Waals surface area contributed by atoms with Crippen molar-refractivity contribution in [3.05, 3.63) is 76.9 Å². The van der Waals surface area contributed by atoms with Gasteiger partial charge in [-0.2, -0.15) is 9.57 Å². The zero-order valence-electron chi connectivity index (χ0n) is 15.3. The van der Waals surface area contributed by atoms with Crippen molar-refractivity contribution in [1.82, 2.24) is 4.31 Å². The number of nitriles is 1. The van der Waals surface area contributed by atoms with E-state index in [1.165, 1.54) is 4.31 Å². The third-order valence-corrected chi connectivity index (χ3v) is 7.22. The summed E-state index contributed by atoms with van der Waals surface area (Å²) in [6, 6.07) is 16.0. The molecule has 28 heavy (non-hydrogen) atoms. The molecule has 0 aliphatic carbocycles. The molecule has 0 amide bonds. The topological polar surface area (TPSA) is 87.5 Å². The first-order valence-electron chi connectivity index (χ1n) is 8.94. The third-order valence-electron chi connectivity index (χ3n) is 5.29. The van der Waals surface area contributed by atoms with E-state index in [0.717, 1.165) is 0 Å². The minimum atomic E-state index is -3.81. The van der Waals surface area contributed by atoms with E-state index in [4.69, 9.17) is 4.74 Å². The number of fused-ring (bicyclic) bond motifs is 3. The van der Waals surface area contributed by atoms with Gasteiger partial charge < -0.3 is 4.74 Å². The number of carbonyl (C=O) groups excluding carboxylic acids is 1. The van der Waals surface area contributed by atoms with E-state index in [0.29, 0.717) is 22.3 Å². The van der Waals surface area contributed by atoms with Crippen LogP contribution in [0.4, 0.5) is 0 Å². The number of sulfonamides is 1. The molecule has 2 aromatic rings. The highest BCUT2D eigenvalue weighted by Gasteiger charge is 2.56. The van der Waals surface area contributed by atoms with Crippen LogP contribution in [0.1, 0.15) is 30.0 Å². The van der Waals surface area contributed by atoms with Crippen LogP contribution in [0.15, 0.2) is 65.1 Å². The smallest absolute Gasteiger partial charge is 0.335 e. The molecule has 142 valence electrons. The van der Waals surface area contributed by atoms with Gasteiger partial charge in [0.05, 0.1) is 28.7 Å². The van der Waals surface area contributed by atoms with E-state index >= 15 is 0 Å². The highest BCUT2D eigenvalue weighted by Crippen LogP contribution is 2.52. The number of hydrogen-bond donors (Lipinski definition) is 0. The predicted octanol–water partition coefficient (Wildman–Crippen LogP) is 2.70. The molecule has 0 N–H and O–H groups in total. The lowest BCUT2D eigenvalue weighted by molar-refractivity contribution is -0.138. The molecule has 4 rings (SSSR count). The van der Waals surface area contributed by atoms with Crippen LogP contribution in [-0.2, 0) is 25.1 Å². The second kappa shape index (κ2) is 6.59. The highest BCUT2D eigenvalue weighted by atomic mass is 32.2. The van der Waals surface area contributed by atoms with Gasteiger partial charge in [-0.3, -0.25) is 0 Å². The van der Waals surface area contributed by atoms with Gasteiger partial charge in [-0.05, 0) is 42.7 Å². The van der Waals surface area contributed by atoms with Crippen LogP contribution in [0, 0.1) is 11.3 Å². The summed E-state index contributed by atoms with van der Waals surface area (Å²) >= 11 is 0. The summed E-state index contributed by atoms with van der Waals surface area (Å²) in [6.45, 7) is 1.85. The molecule has 2 aliphatic rings. The average molecular weight is 394 g/mol. The number of esters is 1. The molecular weight excluding hydrogens is 376 g/mol. The molecule has 2 aliphatic heterocycles. The van der Waals surface area contributed by atoms with Crippen LogP contribution in [0.5, 0.6) is 0 Å². The Labute approximate surface area is 163 Å². The molecule has 1 unspecified atom stereocenters. The van der Waals surface area contributed by atoms with Crippen LogP contribution < -0.4 is 0 Å². The van der Waals surface area contributed by atoms with Crippen molar-refractivity contribution >= 4 is 16.0 Å². The van der Waals surface area contributed by atoms with Gasteiger partial charge in [0.25, 0.3) is 0 Å². The molecule has 0 radical (unpaired) electrons. The molecule has 0 fully saturated rings. The first-order chi connectivity index (χ1) is 13.4. The summed E-state index contributed by atoms with van der Waals surface area (Å²) in [6.07, 6.45) is 2.04. The van der Waals surface area contributed by atoms with Crippen LogP contribution in [0.2, 0.25) is 0 Å². The largest absolute Gasteiger partial charge is 0.463 e. The number of carbonyl (C=O) groups is 1. The van der Waals surface area contributed by atoms with Crippen molar-refractivity contribution in [3.8, 4) is 6.07 Å². The number of nitrogens with zero attached hydrogens (tertiary/aromatic N) is 2. The Morgan fingerprint density at radius 1 is 1.25 bits per heavy atom. The molecule has 6 nitrogen and oxygen atoms in total. The van der Waals surface area contributed by atoms with Crippen molar-refractivity contribution in [2.24, 2.45) is 0 Å². The first kappa shape index (κ1) is 18.4. The quantitative estimate of drug-likeness (QED) is 0.747. The fourth-order valence-corrected chi connectivity index (χ4v) is 6.05. The minimum Gasteiger partial charge on any atom is -0.463 e. The second-order valence-electron chi connectivity index (χ2n) is 6.71. The summed E-state index contributed by atoms with van der Waals surface area (Å²) in [5.74, 6) is -0.506. The standard InChI is InChI=1S/C21H18N2O4S/c1-2-27-20(24)16-10-11-21(17-7-5-6-15(12-17)13-22)18-8-3-4-9-19(18)28(25,26)23(21)14-16/h3-10,12H,2,11,14H2,1H3. The van der Waals surface area contributed by atoms with Gasteiger partial charge in [-0.1, -0.05) is 36.4 Å². The number of hydrogen-bond acceptors (Lipinski definition) is 5. The maximum atomic E-state index is 13.4. The predicted molar refractivity (Wildman–Crippen MR) is 102 cm³/mol. The van der Waals surface area contributed by atoms with Crippen LogP contribution in [0.25, 0.3) is 0 Å². The van der Waals surface area contributed by atoms with Gasteiger partial charge in [0.1, 0.15) is 0 Å². The Balaban J connectivity index is 1.97. The number of ether oxygens (including phenoxy) is 1. The summed E-state index contributed by atoms with van der Waals surface area (Å²) < 4.78 is 33.2. The Morgan fingerprint density at radius 3 is 2.79 bits per heavy atom. The Kier molecular flexibility index (Phi) is 4.33. The van der Waals surface area contributed by atoms with Crippen molar-refractivity contribution in [2.75, 3.05) is 13.2 Å². The van der Waals surface area contributed by atoms with Gasteiger partial charge in [0.2, 0.25) is 10.0 Å². The fraction of sp³-hybridized carbons (Fsp3) is 0.238. The van der Waals surface area contributed by atoms with Crippen LogP contribution >= 0.6 is 0 Å². The lowest BCUT2D eigenvalue weighted by Crippen LogP contribution is -2.48. The Morgan fingerprint density at radius 2 is 2.04 bits per heavy atom. The van der Waals surface area contributed by atoms with Crippen LogP contribution in [0.3, 0.4) is 0 Å². The van der Waals surface area contributed by atoms with Crippen molar-refractivity contribution in [3.63, 3.8) is 0 Å². The third kappa shape index (κ3) is 2.49. The van der Waals surface area contributed by atoms with E-state index in [1.54, 1.807) is 55.5 Å². The van der Waals surface area contributed by atoms with Gasteiger partial charge in [0, 0.05) is 12.1 Å². The maximum Gasteiger partial charge on any atom is 0.335 e. The number of rotatable bonds is 3. The van der Waals surface area contributed by atoms with Gasteiger partial charge in [-0.15, -0.1) is 0 Å². The summed E-state index contributed by atoms with van der Waals surface area (Å²) in [7, 11) is -3.81. The normalized spacial score (nSPS) is 22.5. The van der Waals surface area contributed by atoms with Gasteiger partial charge in [-0.25, -0.2) is 13.2 Å². The molecule has 0 saturated carbocycles. The summed E-state index contributed by atoms with van der Waals surface area (Å²) in [4.78, 5) is 12.5. The molecular formula is C21H18N2O4S. The maximum absolute atomic E-state index is 13.4. The van der Waals surface area contributed by atoms with E-state index in [2.05, 4.69) is 6.07 Å². The van der Waals surface area contributed by atoms with Gasteiger partial charge in [0.15, 0.2) is 0 Å². The summed E-state index contributed by atoms with van der Waals surface area (Å²) in [5, 5.41) is 9.32. The highest BCUT2D eigenvalue weighted by molar-refractivity contribution is 7.89. The molecule has 0 aromatic heterocycles. The SMILES string of the molecule is CCOC(=O)C1=CCC2(c3cccc(C#N)c3)c3ccccc3S(=O)(=O)N2C1. The molecule has 2 aromatic carbocycles. The van der Waals surface area contributed by atoms with E-state index in [9.17, 15) is 18.5 Å². The zero-order chi connectivity index (χ0) is 19.9. The zero-order valence-corrected chi connectivity index (χ0v) is 16.1. The summed E-state index contributed by atoms with van der Waals surface area (Å²) in [5.41, 5.74) is 1.15. The second-order valence-corrected chi connectivity index (χ2v) is 8.55. The first-order valence-corrected chi connectivity index (χ1v) is 10.4. The molecule has 0 bridgehead atoms. The molecule has 0 saturated heterocycles. The Hall–Kier alpha value is -2.95. The van der Waals surface area contributed by atoms with Crippen molar-refractivity contribution in [1.29, 1.82) is 5.26 Å². The van der Waals surface area contributed by atoms with Gasteiger partial charge >= 0.3 is 5.97 Å². The minimum absolute atomic E-state index is 0.0768. The molecule has 7 heteroatoms. The lowest BCUT2D eigenvalue weighted by Gasteiger charge is -2.40. The lowest BCUT2D eigenvalue weighted by atomic mass is 9.77. The van der Waals surface area contributed by atoms with Crippen LogP contribution in [-0.4, -0.2) is 31.8 Å². The fourth-order valence-electron chi connectivity index (χ4n) is 4.05. The van der Waals surface area contributed by atoms with Crippen molar-refractivity contribution < 1.29 is 17.9 Å². The van der Waals surface area contributed by atoms with E-state index in [-0.39, 0.29) is 24.5 Å². The molecule has 1 atom stereocenters. The van der Waals surface area contributed by atoms with E-state index in [1.807, 2.05) is 6.07 Å². The van der Waals surface area contributed by atoms with Crippen molar-refractivity contribution in [2.45, 2.75) is 23.8 Å².